The fraction of sp³-hybridized carbons (Fsp3) is 0. The Morgan fingerprint density at radius 1 is 0.812 bits per heavy atom. The monoisotopic (exact) mass is 352 g/mol. The van der Waals surface area contributed by atoms with Gasteiger partial charge in [-0.3, -0.25) is 9.59 Å². The van der Waals surface area contributed by atoms with E-state index in [1.165, 1.54) is 0 Å². The normalized spacial score (nSPS) is 16.9. The van der Waals surface area contributed by atoms with Crippen LogP contribution in [0, 0.1) is 0 Å². The highest BCUT2D eigenvalue weighted by atomic mass is 79.9. The van der Waals surface area contributed by atoms with Gasteiger partial charge in [0.25, 0.3) is 0 Å². The van der Waals surface area contributed by atoms with Gasteiger partial charge in [0.2, 0.25) is 11.6 Å². The Bertz CT molecular complexity index is 453. The summed E-state index contributed by atoms with van der Waals surface area (Å²) in [5.74, 6) is -5.33. The van der Waals surface area contributed by atoms with Crippen LogP contribution in [-0.4, -0.2) is 33.7 Å². The fourth-order valence-corrected chi connectivity index (χ4v) is 2.12. The first-order valence-electron chi connectivity index (χ1n) is 3.64. The molecule has 0 aliphatic heterocycles. The van der Waals surface area contributed by atoms with E-state index in [2.05, 4.69) is 31.9 Å². The van der Waals surface area contributed by atoms with E-state index in [9.17, 15) is 19.2 Å². The SMILES string of the molecule is O=C(O)C1=C(Br)C(=O)C(C(=O)O)=C(Br)C1=O. The zero-order valence-corrected chi connectivity index (χ0v) is 10.5. The molecule has 0 aromatic carbocycles. The molecule has 0 aromatic rings. The summed E-state index contributed by atoms with van der Waals surface area (Å²) in [7, 11) is 0. The number of carbonyl (C=O) groups is 4. The Kier molecular flexibility index (Phi) is 3.44. The van der Waals surface area contributed by atoms with Crippen molar-refractivity contribution < 1.29 is 29.4 Å². The van der Waals surface area contributed by atoms with E-state index in [1.54, 1.807) is 0 Å². The van der Waals surface area contributed by atoms with Gasteiger partial charge in [-0.25, -0.2) is 9.59 Å². The molecule has 1 aliphatic rings. The number of halogens is 2. The molecule has 0 saturated heterocycles. The second-order valence-corrected chi connectivity index (χ2v) is 4.23. The van der Waals surface area contributed by atoms with Gasteiger partial charge in [-0.1, -0.05) is 0 Å². The van der Waals surface area contributed by atoms with Crippen molar-refractivity contribution in [1.29, 1.82) is 0 Å². The molecule has 0 atom stereocenters. The molecule has 0 heterocycles. The van der Waals surface area contributed by atoms with E-state index in [1.807, 2.05) is 0 Å². The number of Topliss-reactive ketones (excluding diaryl/α,β-unsaturated/α-hetero) is 2. The van der Waals surface area contributed by atoms with Gasteiger partial charge < -0.3 is 10.2 Å². The lowest BCUT2D eigenvalue weighted by Crippen LogP contribution is -2.27. The molecule has 0 aromatic heterocycles. The predicted octanol–water partition coefficient (Wildman–Crippen LogP) is 0.605. The average Bonchev–Trinajstić information content (AvgIpc) is 2.14. The Hall–Kier alpha value is -1.28. The van der Waals surface area contributed by atoms with Crippen LogP contribution in [0.5, 0.6) is 0 Å². The number of aliphatic carboxylic acids is 2. The molecule has 0 radical (unpaired) electrons. The van der Waals surface area contributed by atoms with Gasteiger partial charge in [-0.05, 0) is 31.9 Å². The highest BCUT2D eigenvalue weighted by Crippen LogP contribution is 2.31. The maximum Gasteiger partial charge on any atom is 0.341 e. The van der Waals surface area contributed by atoms with Crippen LogP contribution in [0.25, 0.3) is 0 Å². The Morgan fingerprint density at radius 3 is 1.25 bits per heavy atom. The van der Waals surface area contributed by atoms with Crippen LogP contribution in [0.3, 0.4) is 0 Å². The molecule has 6 nitrogen and oxygen atoms in total. The highest BCUT2D eigenvalue weighted by molar-refractivity contribution is 9.12. The topological polar surface area (TPSA) is 109 Å². The summed E-state index contributed by atoms with van der Waals surface area (Å²) in [5, 5.41) is 17.4. The first kappa shape index (κ1) is 12.8. The predicted molar refractivity (Wildman–Crippen MR) is 57.2 cm³/mol. The molecule has 0 unspecified atom stereocenters. The molecular weight excluding hydrogens is 352 g/mol. The highest BCUT2D eigenvalue weighted by Gasteiger charge is 2.38. The Labute approximate surface area is 105 Å². The van der Waals surface area contributed by atoms with E-state index >= 15 is 0 Å². The van der Waals surface area contributed by atoms with Gasteiger partial charge in [0.1, 0.15) is 11.1 Å². The minimum absolute atomic E-state index is 0.564. The molecule has 0 spiro atoms. The van der Waals surface area contributed by atoms with Crippen LogP contribution in [0.4, 0.5) is 0 Å². The number of ketones is 2. The van der Waals surface area contributed by atoms with Gasteiger partial charge in [-0.2, -0.15) is 0 Å². The van der Waals surface area contributed by atoms with Crippen LogP contribution < -0.4 is 0 Å². The summed E-state index contributed by atoms with van der Waals surface area (Å²) >= 11 is 5.21. The third-order valence-corrected chi connectivity index (χ3v) is 3.23. The minimum Gasteiger partial charge on any atom is -0.478 e. The average molecular weight is 354 g/mol. The van der Waals surface area contributed by atoms with Gasteiger partial charge >= 0.3 is 11.9 Å². The lowest BCUT2D eigenvalue weighted by atomic mass is 9.97. The van der Waals surface area contributed by atoms with E-state index in [0.29, 0.717) is 0 Å². The molecule has 1 aliphatic carbocycles. The molecule has 1 rings (SSSR count). The molecule has 16 heavy (non-hydrogen) atoms. The van der Waals surface area contributed by atoms with Crippen molar-refractivity contribution in [3.8, 4) is 0 Å². The molecule has 2 N–H and O–H groups in total. The van der Waals surface area contributed by atoms with E-state index < -0.39 is 43.6 Å². The second-order valence-electron chi connectivity index (χ2n) is 2.65. The van der Waals surface area contributed by atoms with E-state index in [4.69, 9.17) is 10.2 Å². The maximum atomic E-state index is 11.4. The number of rotatable bonds is 2. The number of carboxylic acid groups (broad SMARTS) is 2. The molecule has 0 saturated carbocycles. The van der Waals surface area contributed by atoms with E-state index in [0.717, 1.165) is 0 Å². The Morgan fingerprint density at radius 2 is 1.06 bits per heavy atom. The molecule has 0 bridgehead atoms. The summed E-state index contributed by atoms with van der Waals surface area (Å²) in [6, 6.07) is 0. The van der Waals surface area contributed by atoms with Gasteiger partial charge in [0.05, 0.1) is 8.96 Å². The van der Waals surface area contributed by atoms with Crippen LogP contribution in [0.15, 0.2) is 20.1 Å². The third-order valence-electron chi connectivity index (χ3n) is 1.72. The van der Waals surface area contributed by atoms with Crippen molar-refractivity contribution in [1.82, 2.24) is 0 Å². The summed E-state index contributed by atoms with van der Waals surface area (Å²) in [5.41, 5.74) is -1.58. The summed E-state index contributed by atoms with van der Waals surface area (Å²) in [6.07, 6.45) is 0. The summed E-state index contributed by atoms with van der Waals surface area (Å²) in [4.78, 5) is 44.3. The lowest BCUT2D eigenvalue weighted by Gasteiger charge is -2.12. The molecule has 0 fully saturated rings. The van der Waals surface area contributed by atoms with Crippen molar-refractivity contribution in [3.63, 3.8) is 0 Å². The van der Waals surface area contributed by atoms with Crippen molar-refractivity contribution >= 4 is 55.4 Å². The zero-order valence-electron chi connectivity index (χ0n) is 7.28. The van der Waals surface area contributed by atoms with Crippen LogP contribution >= 0.6 is 31.9 Å². The van der Waals surface area contributed by atoms with Gasteiger partial charge in [-0.15, -0.1) is 0 Å². The molecule has 8 heteroatoms. The standard InChI is InChI=1S/C8H2Br2O6/c9-3-1(7(13)14)5(11)4(10)2(6(3)12)8(15)16/h(H,13,14)(H,15,16). The lowest BCUT2D eigenvalue weighted by molar-refractivity contribution is -0.137. The molecule has 84 valence electrons. The van der Waals surface area contributed by atoms with Crippen molar-refractivity contribution in [2.24, 2.45) is 0 Å². The number of hydrogen-bond acceptors (Lipinski definition) is 4. The van der Waals surface area contributed by atoms with Crippen molar-refractivity contribution in [2.45, 2.75) is 0 Å². The van der Waals surface area contributed by atoms with Gasteiger partial charge in [0, 0.05) is 0 Å². The Balaban J connectivity index is 3.49. The first-order valence-corrected chi connectivity index (χ1v) is 5.23. The first-order chi connectivity index (χ1) is 7.29. The summed E-state index contributed by atoms with van der Waals surface area (Å²) in [6.45, 7) is 0. The molecule has 0 amide bonds. The molecular formula is C8H2Br2O6. The number of carboxylic acids is 2. The van der Waals surface area contributed by atoms with E-state index in [-0.39, 0.29) is 0 Å². The second kappa shape index (κ2) is 4.30. The summed E-state index contributed by atoms with van der Waals surface area (Å²) < 4.78 is -1.13. The van der Waals surface area contributed by atoms with Crippen LogP contribution in [0.2, 0.25) is 0 Å². The quantitative estimate of drug-likeness (QED) is 0.556. The minimum atomic E-state index is -1.60. The smallest absolute Gasteiger partial charge is 0.341 e. The number of hydrogen-bond donors (Lipinski definition) is 2. The maximum absolute atomic E-state index is 11.4. The fourth-order valence-electron chi connectivity index (χ4n) is 1.03. The van der Waals surface area contributed by atoms with Gasteiger partial charge in [0.15, 0.2) is 0 Å². The largest absolute Gasteiger partial charge is 0.478 e. The van der Waals surface area contributed by atoms with Crippen molar-refractivity contribution in [2.75, 3.05) is 0 Å². The third kappa shape index (κ3) is 1.85. The van der Waals surface area contributed by atoms with Crippen molar-refractivity contribution in [3.05, 3.63) is 20.1 Å². The van der Waals surface area contributed by atoms with Crippen LogP contribution in [0.1, 0.15) is 0 Å². The number of allylic oxidation sites excluding steroid dienone is 2. The number of carbonyl (C=O) groups excluding carboxylic acids is 2. The zero-order chi connectivity index (χ0) is 12.6. The van der Waals surface area contributed by atoms with Crippen LogP contribution in [-0.2, 0) is 19.2 Å².